The number of fused-ring (bicyclic) bond motifs is 2. The van der Waals surface area contributed by atoms with Crippen molar-refractivity contribution in [3.8, 4) is 0 Å². The summed E-state index contributed by atoms with van der Waals surface area (Å²) in [6.45, 7) is 1.39. The molecule has 3 atom stereocenters. The highest BCUT2D eigenvalue weighted by Gasteiger charge is 2.44. The van der Waals surface area contributed by atoms with E-state index in [2.05, 4.69) is 12.1 Å². The van der Waals surface area contributed by atoms with E-state index in [-0.39, 0.29) is 11.5 Å². The van der Waals surface area contributed by atoms with Gasteiger partial charge in [0.1, 0.15) is 6.10 Å². The fourth-order valence-electron chi connectivity index (χ4n) is 4.31. The molecule has 0 aliphatic heterocycles. The Kier molecular flexibility index (Phi) is 4.67. The third-order valence-corrected chi connectivity index (χ3v) is 5.10. The van der Waals surface area contributed by atoms with Crippen LogP contribution in [0, 0.1) is 11.3 Å². The molecular formula is C18H25NO3. The minimum atomic E-state index is -0.648. The van der Waals surface area contributed by atoms with Gasteiger partial charge in [-0.05, 0) is 42.6 Å². The molecule has 22 heavy (non-hydrogen) atoms. The Hall–Kier alpha value is -1.55. The summed E-state index contributed by atoms with van der Waals surface area (Å²) < 4.78 is 11.3. The number of ether oxygens (including phenoxy) is 2. The molecule has 0 aromatic heterocycles. The van der Waals surface area contributed by atoms with Crippen LogP contribution < -0.4 is 5.73 Å². The minimum absolute atomic E-state index is 0.0307. The van der Waals surface area contributed by atoms with Crippen LogP contribution in [0.15, 0.2) is 30.3 Å². The molecule has 2 fully saturated rings. The Labute approximate surface area is 132 Å². The number of primary amides is 1. The van der Waals surface area contributed by atoms with Crippen LogP contribution in [0.1, 0.15) is 44.1 Å². The van der Waals surface area contributed by atoms with Crippen LogP contribution in [0.5, 0.6) is 0 Å². The maximum absolute atomic E-state index is 11.1. The van der Waals surface area contributed by atoms with Crippen LogP contribution >= 0.6 is 0 Å². The molecule has 0 heterocycles. The highest BCUT2D eigenvalue weighted by Crippen LogP contribution is 2.49. The summed E-state index contributed by atoms with van der Waals surface area (Å²) in [5, 5.41) is 0. The van der Waals surface area contributed by atoms with Crippen molar-refractivity contribution in [3.63, 3.8) is 0 Å². The largest absolute Gasteiger partial charge is 0.446 e. The van der Waals surface area contributed by atoms with Crippen LogP contribution in [0.4, 0.5) is 4.79 Å². The summed E-state index contributed by atoms with van der Waals surface area (Å²) in [5.74, 6) is 0.646. The molecule has 120 valence electrons. The standard InChI is InChI=1S/C18H25NO3/c19-17(20)22-16-9-15-7-4-8-18(10-15,11-16)13-21-12-14-5-2-1-3-6-14/h1-3,5-6,15-16H,4,7-13H2,(H2,19,20). The quantitative estimate of drug-likeness (QED) is 0.903. The lowest BCUT2D eigenvalue weighted by molar-refractivity contribution is -0.0704. The van der Waals surface area contributed by atoms with Crippen molar-refractivity contribution in [1.82, 2.24) is 0 Å². The first-order valence-corrected chi connectivity index (χ1v) is 8.23. The number of rotatable bonds is 5. The summed E-state index contributed by atoms with van der Waals surface area (Å²) in [6.07, 6.45) is 6.02. The van der Waals surface area contributed by atoms with Gasteiger partial charge >= 0.3 is 6.09 Å². The molecule has 4 heteroatoms. The molecule has 2 aliphatic rings. The van der Waals surface area contributed by atoms with Crippen molar-refractivity contribution in [2.75, 3.05) is 6.61 Å². The molecule has 0 spiro atoms. The molecule has 1 aromatic carbocycles. The van der Waals surface area contributed by atoms with E-state index in [1.54, 1.807) is 0 Å². The second kappa shape index (κ2) is 6.69. The minimum Gasteiger partial charge on any atom is -0.446 e. The summed E-state index contributed by atoms with van der Waals surface area (Å²) >= 11 is 0. The van der Waals surface area contributed by atoms with Gasteiger partial charge in [0.15, 0.2) is 0 Å². The van der Waals surface area contributed by atoms with E-state index in [1.165, 1.54) is 24.8 Å². The van der Waals surface area contributed by atoms with Gasteiger partial charge in [-0.15, -0.1) is 0 Å². The number of benzene rings is 1. The molecule has 1 aromatic rings. The first-order valence-electron chi connectivity index (χ1n) is 8.23. The fraction of sp³-hybridized carbons (Fsp3) is 0.611. The second-order valence-corrected chi connectivity index (χ2v) is 6.94. The van der Waals surface area contributed by atoms with Gasteiger partial charge in [0, 0.05) is 0 Å². The number of carbonyl (C=O) groups excluding carboxylic acids is 1. The average Bonchev–Trinajstić information content (AvgIpc) is 2.47. The highest BCUT2D eigenvalue weighted by molar-refractivity contribution is 5.64. The lowest BCUT2D eigenvalue weighted by Crippen LogP contribution is -2.44. The Morgan fingerprint density at radius 2 is 2.09 bits per heavy atom. The highest BCUT2D eigenvalue weighted by atomic mass is 16.6. The van der Waals surface area contributed by atoms with Crippen LogP contribution in [0.25, 0.3) is 0 Å². The summed E-state index contributed by atoms with van der Waals surface area (Å²) in [7, 11) is 0. The molecule has 2 bridgehead atoms. The number of amides is 1. The van der Waals surface area contributed by atoms with Gasteiger partial charge in [-0.1, -0.05) is 43.2 Å². The van der Waals surface area contributed by atoms with Crippen LogP contribution in [0.2, 0.25) is 0 Å². The zero-order chi connectivity index (χ0) is 15.4. The van der Waals surface area contributed by atoms with Crippen molar-refractivity contribution >= 4 is 6.09 Å². The molecular weight excluding hydrogens is 278 g/mol. The SMILES string of the molecule is NC(=O)OC1CC2CCCC(COCc3ccccc3)(C2)C1. The Balaban J connectivity index is 1.58. The molecule has 0 saturated heterocycles. The lowest BCUT2D eigenvalue weighted by Gasteiger charge is -2.47. The van der Waals surface area contributed by atoms with Gasteiger partial charge in [-0.25, -0.2) is 4.79 Å². The predicted molar refractivity (Wildman–Crippen MR) is 84.2 cm³/mol. The topological polar surface area (TPSA) is 61.6 Å². The third kappa shape index (κ3) is 3.80. The van der Waals surface area contributed by atoms with Crippen LogP contribution in [-0.4, -0.2) is 18.8 Å². The van der Waals surface area contributed by atoms with Gasteiger partial charge in [0.05, 0.1) is 13.2 Å². The van der Waals surface area contributed by atoms with E-state index in [9.17, 15) is 4.79 Å². The van der Waals surface area contributed by atoms with E-state index in [1.807, 2.05) is 18.2 Å². The van der Waals surface area contributed by atoms with Crippen LogP contribution in [0.3, 0.4) is 0 Å². The van der Waals surface area contributed by atoms with E-state index >= 15 is 0 Å². The second-order valence-electron chi connectivity index (χ2n) is 6.94. The predicted octanol–water partition coefficient (Wildman–Crippen LogP) is 3.64. The summed E-state index contributed by atoms with van der Waals surface area (Å²) in [5.41, 5.74) is 6.56. The molecule has 3 unspecified atom stereocenters. The Bertz CT molecular complexity index is 504. The van der Waals surface area contributed by atoms with Gasteiger partial charge in [0.25, 0.3) is 0 Å². The third-order valence-electron chi connectivity index (χ3n) is 5.10. The van der Waals surface area contributed by atoms with Crippen molar-refractivity contribution in [2.45, 2.75) is 51.2 Å². The molecule has 1 amide bonds. The molecule has 2 aliphatic carbocycles. The van der Waals surface area contributed by atoms with E-state index in [4.69, 9.17) is 15.2 Å². The fourth-order valence-corrected chi connectivity index (χ4v) is 4.31. The average molecular weight is 303 g/mol. The first kappa shape index (κ1) is 15.3. The lowest BCUT2D eigenvalue weighted by atomic mass is 9.61. The van der Waals surface area contributed by atoms with Crippen LogP contribution in [-0.2, 0) is 16.1 Å². The monoisotopic (exact) mass is 303 g/mol. The maximum atomic E-state index is 11.1. The number of hydrogen-bond acceptors (Lipinski definition) is 3. The van der Waals surface area contributed by atoms with Gasteiger partial charge in [-0.2, -0.15) is 0 Å². The molecule has 2 N–H and O–H groups in total. The summed E-state index contributed by atoms with van der Waals surface area (Å²) in [4.78, 5) is 11.1. The number of carbonyl (C=O) groups is 1. The summed E-state index contributed by atoms with van der Waals surface area (Å²) in [6, 6.07) is 10.2. The van der Waals surface area contributed by atoms with Gasteiger partial charge in [0.2, 0.25) is 0 Å². The Morgan fingerprint density at radius 1 is 1.27 bits per heavy atom. The van der Waals surface area contributed by atoms with Gasteiger partial charge < -0.3 is 15.2 Å². The van der Waals surface area contributed by atoms with Crippen molar-refractivity contribution in [3.05, 3.63) is 35.9 Å². The van der Waals surface area contributed by atoms with Crippen molar-refractivity contribution < 1.29 is 14.3 Å². The molecule has 3 rings (SSSR count). The molecule has 0 radical (unpaired) electrons. The first-order chi connectivity index (χ1) is 10.7. The number of nitrogens with two attached hydrogens (primary N) is 1. The number of hydrogen-bond donors (Lipinski definition) is 1. The van der Waals surface area contributed by atoms with Gasteiger partial charge in [-0.3, -0.25) is 0 Å². The van der Waals surface area contributed by atoms with E-state index < -0.39 is 6.09 Å². The van der Waals surface area contributed by atoms with Crippen molar-refractivity contribution in [2.24, 2.45) is 17.1 Å². The zero-order valence-corrected chi connectivity index (χ0v) is 13.0. The molecule has 4 nitrogen and oxygen atoms in total. The maximum Gasteiger partial charge on any atom is 0.404 e. The van der Waals surface area contributed by atoms with Crippen molar-refractivity contribution in [1.29, 1.82) is 0 Å². The van der Waals surface area contributed by atoms with E-state index in [0.29, 0.717) is 12.5 Å². The normalized spacial score (nSPS) is 30.7. The smallest absolute Gasteiger partial charge is 0.404 e. The molecule has 2 saturated carbocycles. The zero-order valence-electron chi connectivity index (χ0n) is 13.0. The van der Waals surface area contributed by atoms with E-state index in [0.717, 1.165) is 25.9 Å². The Morgan fingerprint density at radius 3 is 2.86 bits per heavy atom.